The third-order valence-electron chi connectivity index (χ3n) is 3.24. The molecule has 1 heterocycles. The molecule has 2 aromatic rings. The summed E-state index contributed by atoms with van der Waals surface area (Å²) >= 11 is 1.78. The van der Waals surface area contributed by atoms with Crippen molar-refractivity contribution in [2.75, 3.05) is 13.7 Å². The summed E-state index contributed by atoms with van der Waals surface area (Å²) in [4.78, 5) is 1.37. The second kappa shape index (κ2) is 7.31. The highest BCUT2D eigenvalue weighted by Crippen LogP contribution is 2.20. The molecule has 1 atom stereocenters. The van der Waals surface area contributed by atoms with Gasteiger partial charge in [-0.05, 0) is 42.6 Å². The molecule has 0 amide bonds. The lowest BCUT2D eigenvalue weighted by molar-refractivity contribution is 0.323. The smallest absolute Gasteiger partial charge is 0.119 e. The first-order valence-electron chi connectivity index (χ1n) is 6.76. The van der Waals surface area contributed by atoms with Gasteiger partial charge >= 0.3 is 0 Å². The molecule has 1 aromatic carbocycles. The van der Waals surface area contributed by atoms with Crippen molar-refractivity contribution in [3.63, 3.8) is 0 Å². The van der Waals surface area contributed by atoms with E-state index >= 15 is 0 Å². The van der Waals surface area contributed by atoms with Gasteiger partial charge < -0.3 is 10.1 Å². The first-order valence-corrected chi connectivity index (χ1v) is 7.64. The van der Waals surface area contributed by atoms with E-state index in [1.54, 1.807) is 11.3 Å². The maximum Gasteiger partial charge on any atom is 0.119 e. The normalized spacial score (nSPS) is 12.3. The van der Waals surface area contributed by atoms with Crippen LogP contribution in [-0.4, -0.2) is 13.7 Å². The molecule has 0 saturated carbocycles. The molecular formula is C16H21NOS. The monoisotopic (exact) mass is 275 g/mol. The number of nitrogens with one attached hydrogen (secondary N) is 1. The molecular weight excluding hydrogens is 254 g/mol. The fourth-order valence-electron chi connectivity index (χ4n) is 2.13. The van der Waals surface area contributed by atoms with Crippen LogP contribution in [0.4, 0.5) is 0 Å². The molecule has 0 aliphatic rings. The Balaban J connectivity index is 1.84. The molecule has 1 N–H and O–H groups in total. The van der Waals surface area contributed by atoms with Crippen molar-refractivity contribution in [2.45, 2.75) is 25.8 Å². The summed E-state index contributed by atoms with van der Waals surface area (Å²) in [5, 5.41) is 5.41. The van der Waals surface area contributed by atoms with E-state index in [4.69, 9.17) is 4.74 Å². The minimum Gasteiger partial charge on any atom is -0.493 e. The minimum absolute atomic E-state index is 0.431. The summed E-state index contributed by atoms with van der Waals surface area (Å²) < 4.78 is 5.77. The van der Waals surface area contributed by atoms with Gasteiger partial charge in [0.1, 0.15) is 5.75 Å². The van der Waals surface area contributed by atoms with E-state index in [1.165, 1.54) is 10.4 Å². The zero-order chi connectivity index (χ0) is 13.5. The SMILES string of the molecule is CCC(NC)c1ccc(OCCc2cccs2)cc1. The van der Waals surface area contributed by atoms with E-state index in [1.807, 2.05) is 7.05 Å². The van der Waals surface area contributed by atoms with E-state index in [-0.39, 0.29) is 0 Å². The number of thiophene rings is 1. The molecule has 2 rings (SSSR count). The van der Waals surface area contributed by atoms with Crippen LogP contribution in [0.2, 0.25) is 0 Å². The van der Waals surface area contributed by atoms with E-state index in [0.29, 0.717) is 6.04 Å². The zero-order valence-corrected chi connectivity index (χ0v) is 12.4. The molecule has 0 aliphatic carbocycles. The van der Waals surface area contributed by atoms with E-state index in [0.717, 1.165) is 25.2 Å². The van der Waals surface area contributed by atoms with Crippen molar-refractivity contribution in [3.05, 3.63) is 52.2 Å². The van der Waals surface area contributed by atoms with Gasteiger partial charge in [-0.3, -0.25) is 0 Å². The number of rotatable bonds is 7. The molecule has 2 nitrogen and oxygen atoms in total. The highest BCUT2D eigenvalue weighted by molar-refractivity contribution is 7.09. The molecule has 0 radical (unpaired) electrons. The van der Waals surface area contributed by atoms with Gasteiger partial charge in [0, 0.05) is 17.3 Å². The molecule has 1 aromatic heterocycles. The molecule has 0 fully saturated rings. The van der Waals surface area contributed by atoms with E-state index < -0.39 is 0 Å². The van der Waals surface area contributed by atoms with Crippen LogP contribution < -0.4 is 10.1 Å². The van der Waals surface area contributed by atoms with Crippen LogP contribution in [0.5, 0.6) is 5.75 Å². The Morgan fingerprint density at radius 3 is 2.58 bits per heavy atom. The maximum absolute atomic E-state index is 5.77. The Labute approximate surface area is 119 Å². The van der Waals surface area contributed by atoms with Crippen LogP contribution in [-0.2, 0) is 6.42 Å². The van der Waals surface area contributed by atoms with Gasteiger partial charge in [-0.15, -0.1) is 11.3 Å². The van der Waals surface area contributed by atoms with Crippen LogP contribution in [0.25, 0.3) is 0 Å². The predicted octanol–water partition coefficient (Wildman–Crippen LogP) is 4.04. The Kier molecular flexibility index (Phi) is 5.43. The van der Waals surface area contributed by atoms with Crippen molar-refractivity contribution < 1.29 is 4.74 Å². The van der Waals surface area contributed by atoms with E-state index in [2.05, 4.69) is 54.0 Å². The van der Waals surface area contributed by atoms with Gasteiger partial charge in [-0.25, -0.2) is 0 Å². The van der Waals surface area contributed by atoms with Gasteiger partial charge in [0.15, 0.2) is 0 Å². The van der Waals surface area contributed by atoms with Crippen LogP contribution in [0.15, 0.2) is 41.8 Å². The molecule has 19 heavy (non-hydrogen) atoms. The molecule has 0 spiro atoms. The molecule has 0 aliphatic heterocycles. The lowest BCUT2D eigenvalue weighted by Crippen LogP contribution is -2.14. The minimum atomic E-state index is 0.431. The Morgan fingerprint density at radius 2 is 2.00 bits per heavy atom. The largest absolute Gasteiger partial charge is 0.493 e. The third kappa shape index (κ3) is 4.08. The molecule has 102 valence electrons. The second-order valence-electron chi connectivity index (χ2n) is 4.50. The number of ether oxygens (including phenoxy) is 1. The first kappa shape index (κ1) is 14.1. The van der Waals surface area contributed by atoms with Crippen molar-refractivity contribution in [3.8, 4) is 5.75 Å². The third-order valence-corrected chi connectivity index (χ3v) is 4.17. The van der Waals surface area contributed by atoms with Gasteiger partial charge in [0.05, 0.1) is 6.61 Å². The summed E-state index contributed by atoms with van der Waals surface area (Å²) in [6, 6.07) is 13.1. The molecule has 3 heteroatoms. The van der Waals surface area contributed by atoms with Crippen molar-refractivity contribution in [1.82, 2.24) is 5.32 Å². The van der Waals surface area contributed by atoms with Crippen molar-refractivity contribution in [2.24, 2.45) is 0 Å². The molecule has 1 unspecified atom stereocenters. The average molecular weight is 275 g/mol. The average Bonchev–Trinajstić information content (AvgIpc) is 2.95. The maximum atomic E-state index is 5.77. The molecule has 0 saturated heterocycles. The number of benzene rings is 1. The summed E-state index contributed by atoms with van der Waals surface area (Å²) in [7, 11) is 2.00. The fraction of sp³-hybridized carbons (Fsp3) is 0.375. The Hall–Kier alpha value is -1.32. The molecule has 0 bridgehead atoms. The van der Waals surface area contributed by atoms with Crippen LogP contribution in [0.1, 0.15) is 29.8 Å². The van der Waals surface area contributed by atoms with Crippen molar-refractivity contribution in [1.29, 1.82) is 0 Å². The summed E-state index contributed by atoms with van der Waals surface area (Å²) in [6.07, 6.45) is 2.07. The van der Waals surface area contributed by atoms with Crippen LogP contribution >= 0.6 is 11.3 Å². The Morgan fingerprint density at radius 1 is 1.21 bits per heavy atom. The highest BCUT2D eigenvalue weighted by Gasteiger charge is 2.05. The number of hydrogen-bond donors (Lipinski definition) is 1. The van der Waals surface area contributed by atoms with Gasteiger partial charge in [-0.1, -0.05) is 25.1 Å². The fourth-order valence-corrected chi connectivity index (χ4v) is 2.82. The summed E-state index contributed by atoms with van der Waals surface area (Å²) in [5.74, 6) is 0.950. The van der Waals surface area contributed by atoms with Crippen LogP contribution in [0.3, 0.4) is 0 Å². The Bertz CT molecular complexity index is 460. The summed E-state index contributed by atoms with van der Waals surface area (Å²) in [6.45, 7) is 2.93. The first-order chi connectivity index (χ1) is 9.33. The highest BCUT2D eigenvalue weighted by atomic mass is 32.1. The van der Waals surface area contributed by atoms with Crippen molar-refractivity contribution >= 4 is 11.3 Å². The van der Waals surface area contributed by atoms with Gasteiger partial charge in [-0.2, -0.15) is 0 Å². The predicted molar refractivity (Wildman–Crippen MR) is 82.1 cm³/mol. The van der Waals surface area contributed by atoms with Crippen LogP contribution in [0, 0.1) is 0 Å². The van der Waals surface area contributed by atoms with E-state index in [9.17, 15) is 0 Å². The van der Waals surface area contributed by atoms with Gasteiger partial charge in [0.2, 0.25) is 0 Å². The second-order valence-corrected chi connectivity index (χ2v) is 5.53. The zero-order valence-electron chi connectivity index (χ0n) is 11.6. The lowest BCUT2D eigenvalue weighted by Gasteiger charge is -2.14. The lowest BCUT2D eigenvalue weighted by atomic mass is 10.1. The quantitative estimate of drug-likeness (QED) is 0.823. The van der Waals surface area contributed by atoms with Gasteiger partial charge in [0.25, 0.3) is 0 Å². The topological polar surface area (TPSA) is 21.3 Å². The number of hydrogen-bond acceptors (Lipinski definition) is 3. The standard InChI is InChI=1S/C16H21NOS/c1-3-16(17-2)13-6-8-14(9-7-13)18-11-10-15-5-4-12-19-15/h4-9,12,16-17H,3,10-11H2,1-2H3. The summed E-state index contributed by atoms with van der Waals surface area (Å²) in [5.41, 5.74) is 1.32.